The smallest absolute Gasteiger partial charge is 0.273 e. The SMILES string of the molecule is CSc1ccc(C2c3c(-c4c(C)cc(C)cc4O)n[nH]c3C(=O)N2Cc2cccnc2)cc1. The molecule has 1 atom stereocenters. The molecule has 2 N–H and O–H groups in total. The summed E-state index contributed by atoms with van der Waals surface area (Å²) in [7, 11) is 0. The normalized spacial score (nSPS) is 15.2. The van der Waals surface area contributed by atoms with Crippen molar-refractivity contribution in [3.8, 4) is 17.0 Å². The standard InChI is InChI=1S/C26H24N4O2S/c1-15-11-16(2)21(20(31)12-15)23-22-24(29-28-23)26(32)30(14-17-5-4-10-27-13-17)25(22)18-6-8-19(33-3)9-7-18/h4-13,25,31H,14H2,1-3H3,(H,28,29). The fourth-order valence-corrected chi connectivity index (χ4v) is 5.03. The molecule has 6 nitrogen and oxygen atoms in total. The Labute approximate surface area is 196 Å². The molecule has 7 heteroatoms. The first-order valence-electron chi connectivity index (χ1n) is 10.7. The number of thioether (sulfide) groups is 1. The van der Waals surface area contributed by atoms with Crippen LogP contribution in [0.25, 0.3) is 11.3 Å². The second kappa shape index (κ2) is 8.41. The summed E-state index contributed by atoms with van der Waals surface area (Å²) in [6.07, 6.45) is 5.54. The Bertz CT molecular complexity index is 1310. The van der Waals surface area contributed by atoms with Gasteiger partial charge in [-0.25, -0.2) is 0 Å². The number of nitrogens with zero attached hydrogens (tertiary/aromatic N) is 3. The van der Waals surface area contributed by atoms with E-state index in [9.17, 15) is 9.90 Å². The Morgan fingerprint density at radius 2 is 1.94 bits per heavy atom. The number of hydrogen-bond donors (Lipinski definition) is 2. The summed E-state index contributed by atoms with van der Waals surface area (Å²) < 4.78 is 0. The van der Waals surface area contributed by atoms with Crippen molar-refractivity contribution in [2.75, 3.05) is 6.26 Å². The van der Waals surface area contributed by atoms with Crippen LogP contribution in [0.3, 0.4) is 0 Å². The number of carbonyl (C=O) groups is 1. The van der Waals surface area contributed by atoms with Crippen LogP contribution in [0.1, 0.15) is 44.3 Å². The minimum absolute atomic E-state index is 0.115. The van der Waals surface area contributed by atoms with Crippen LogP contribution in [0.4, 0.5) is 0 Å². The molecule has 0 fully saturated rings. The van der Waals surface area contributed by atoms with E-state index < -0.39 is 0 Å². The maximum atomic E-state index is 13.5. The number of aromatic nitrogens is 3. The molecule has 1 aliphatic rings. The van der Waals surface area contributed by atoms with Gasteiger partial charge in [-0.1, -0.05) is 24.3 Å². The Balaban J connectivity index is 1.68. The third kappa shape index (κ3) is 3.68. The number of amides is 1. The number of pyridine rings is 1. The van der Waals surface area contributed by atoms with Crippen LogP contribution in [0.5, 0.6) is 5.75 Å². The Morgan fingerprint density at radius 1 is 1.15 bits per heavy atom. The molecule has 0 aliphatic carbocycles. The lowest BCUT2D eigenvalue weighted by Crippen LogP contribution is -2.29. The molecule has 166 valence electrons. The van der Waals surface area contributed by atoms with Gasteiger partial charge in [-0.05, 0) is 66.6 Å². The highest BCUT2D eigenvalue weighted by atomic mass is 32.2. The molecule has 33 heavy (non-hydrogen) atoms. The van der Waals surface area contributed by atoms with Crippen molar-refractivity contribution in [1.82, 2.24) is 20.1 Å². The first-order chi connectivity index (χ1) is 16.0. The van der Waals surface area contributed by atoms with Crippen LogP contribution in [0.2, 0.25) is 0 Å². The van der Waals surface area contributed by atoms with Gasteiger partial charge in [0.25, 0.3) is 5.91 Å². The molecule has 1 unspecified atom stereocenters. The number of carbonyl (C=O) groups excluding carboxylic acids is 1. The van der Waals surface area contributed by atoms with E-state index in [-0.39, 0.29) is 17.7 Å². The highest BCUT2D eigenvalue weighted by Crippen LogP contribution is 2.46. The maximum Gasteiger partial charge on any atom is 0.273 e. The Hall–Kier alpha value is -3.58. The Kier molecular flexibility index (Phi) is 5.42. The zero-order valence-corrected chi connectivity index (χ0v) is 19.5. The van der Waals surface area contributed by atoms with Crippen LogP contribution in [-0.2, 0) is 6.54 Å². The molecular weight excluding hydrogens is 432 g/mol. The van der Waals surface area contributed by atoms with Crippen molar-refractivity contribution < 1.29 is 9.90 Å². The lowest BCUT2D eigenvalue weighted by molar-refractivity contribution is 0.0730. The third-order valence-corrected chi connectivity index (χ3v) is 6.81. The van der Waals surface area contributed by atoms with E-state index in [1.165, 1.54) is 0 Å². The molecule has 1 amide bonds. The average Bonchev–Trinajstić information content (AvgIpc) is 3.33. The first-order valence-corrected chi connectivity index (χ1v) is 11.9. The molecule has 1 aliphatic heterocycles. The van der Waals surface area contributed by atoms with Gasteiger partial charge in [-0.3, -0.25) is 14.9 Å². The number of rotatable bonds is 5. The lowest BCUT2D eigenvalue weighted by atomic mass is 9.93. The summed E-state index contributed by atoms with van der Waals surface area (Å²) in [4.78, 5) is 20.8. The molecule has 5 rings (SSSR count). The number of fused-ring (bicyclic) bond motifs is 1. The van der Waals surface area contributed by atoms with Gasteiger partial charge in [-0.2, -0.15) is 5.10 Å². The summed E-state index contributed by atoms with van der Waals surface area (Å²) in [5, 5.41) is 18.3. The van der Waals surface area contributed by atoms with E-state index in [4.69, 9.17) is 0 Å². The van der Waals surface area contributed by atoms with E-state index in [1.54, 1.807) is 30.2 Å². The molecule has 0 radical (unpaired) electrons. The molecule has 3 heterocycles. The highest BCUT2D eigenvalue weighted by molar-refractivity contribution is 7.98. The first kappa shape index (κ1) is 21.3. The second-order valence-electron chi connectivity index (χ2n) is 8.31. The van der Waals surface area contributed by atoms with Gasteiger partial charge in [0.1, 0.15) is 17.1 Å². The molecule has 4 aromatic rings. The summed E-state index contributed by atoms with van der Waals surface area (Å²) in [6.45, 7) is 4.32. The van der Waals surface area contributed by atoms with Crippen LogP contribution in [0.15, 0.2) is 65.8 Å². The van der Waals surface area contributed by atoms with Crippen LogP contribution >= 0.6 is 11.8 Å². The van der Waals surface area contributed by atoms with Crippen LogP contribution in [0, 0.1) is 13.8 Å². The third-order valence-electron chi connectivity index (χ3n) is 6.07. The van der Waals surface area contributed by atoms with Gasteiger partial charge in [0.15, 0.2) is 0 Å². The van der Waals surface area contributed by atoms with E-state index in [2.05, 4.69) is 39.4 Å². The molecule has 0 saturated carbocycles. The minimum Gasteiger partial charge on any atom is -0.507 e. The number of hydrogen-bond acceptors (Lipinski definition) is 5. The predicted octanol–water partition coefficient (Wildman–Crippen LogP) is 5.26. The molecule has 0 saturated heterocycles. The van der Waals surface area contributed by atoms with E-state index in [1.807, 2.05) is 43.2 Å². The number of H-pyrrole nitrogens is 1. The van der Waals surface area contributed by atoms with Crippen molar-refractivity contribution >= 4 is 17.7 Å². The second-order valence-corrected chi connectivity index (χ2v) is 9.19. The van der Waals surface area contributed by atoms with Crippen molar-refractivity contribution in [2.45, 2.75) is 31.3 Å². The van der Waals surface area contributed by atoms with E-state index in [0.717, 1.165) is 32.7 Å². The van der Waals surface area contributed by atoms with Crippen LogP contribution < -0.4 is 0 Å². The van der Waals surface area contributed by atoms with Gasteiger partial charge in [0, 0.05) is 35.0 Å². The maximum absolute atomic E-state index is 13.5. The number of phenolic OH excluding ortho intramolecular Hbond substituents is 1. The number of aromatic hydroxyl groups is 1. The summed E-state index contributed by atoms with van der Waals surface area (Å²) >= 11 is 1.68. The molecule has 2 aromatic carbocycles. The predicted molar refractivity (Wildman–Crippen MR) is 129 cm³/mol. The van der Waals surface area contributed by atoms with Gasteiger partial charge in [0.05, 0.1) is 6.04 Å². The fraction of sp³-hybridized carbons (Fsp3) is 0.192. The lowest BCUT2D eigenvalue weighted by Gasteiger charge is -2.26. The largest absolute Gasteiger partial charge is 0.507 e. The summed E-state index contributed by atoms with van der Waals surface area (Å²) in [6, 6.07) is 15.5. The van der Waals surface area contributed by atoms with Crippen molar-refractivity contribution in [3.63, 3.8) is 0 Å². The summed E-state index contributed by atoms with van der Waals surface area (Å²) in [5.41, 5.74) is 6.35. The van der Waals surface area contributed by atoms with Gasteiger partial charge in [-0.15, -0.1) is 11.8 Å². The molecule has 0 bridgehead atoms. The number of phenols is 1. The molecular formula is C26H24N4O2S. The number of aryl methyl sites for hydroxylation is 2. The van der Waals surface area contributed by atoms with E-state index in [0.29, 0.717) is 23.5 Å². The topological polar surface area (TPSA) is 82.1 Å². The van der Waals surface area contributed by atoms with Crippen molar-refractivity contribution in [2.24, 2.45) is 0 Å². The molecule has 0 spiro atoms. The van der Waals surface area contributed by atoms with E-state index >= 15 is 0 Å². The monoisotopic (exact) mass is 456 g/mol. The fourth-order valence-electron chi connectivity index (χ4n) is 4.62. The zero-order chi connectivity index (χ0) is 23.1. The zero-order valence-electron chi connectivity index (χ0n) is 18.7. The number of benzene rings is 2. The summed E-state index contributed by atoms with van der Waals surface area (Å²) in [5.74, 6) is 0.0484. The van der Waals surface area contributed by atoms with Gasteiger partial charge >= 0.3 is 0 Å². The number of aromatic amines is 1. The van der Waals surface area contributed by atoms with Crippen LogP contribution in [-0.4, -0.2) is 37.4 Å². The van der Waals surface area contributed by atoms with Gasteiger partial charge in [0.2, 0.25) is 0 Å². The average molecular weight is 457 g/mol. The molecule has 2 aromatic heterocycles. The minimum atomic E-state index is -0.336. The Morgan fingerprint density at radius 3 is 2.61 bits per heavy atom. The number of nitrogens with one attached hydrogen (secondary N) is 1. The van der Waals surface area contributed by atoms with Crippen molar-refractivity contribution in [3.05, 3.63) is 94.4 Å². The van der Waals surface area contributed by atoms with Gasteiger partial charge < -0.3 is 10.0 Å². The quantitative estimate of drug-likeness (QED) is 0.400. The highest BCUT2D eigenvalue weighted by Gasteiger charge is 2.42. The van der Waals surface area contributed by atoms with Crippen molar-refractivity contribution in [1.29, 1.82) is 0 Å².